The first kappa shape index (κ1) is 35.7. The van der Waals surface area contributed by atoms with Crippen molar-refractivity contribution >= 4 is 32.6 Å². The molecule has 0 unspecified atom stereocenters. The minimum absolute atomic E-state index is 0.622. The zero-order valence-corrected chi connectivity index (χ0v) is 32.9. The van der Waals surface area contributed by atoms with Crippen LogP contribution in [0.2, 0.25) is 0 Å². The second kappa shape index (κ2) is 15.0. The Labute approximate surface area is 353 Å². The van der Waals surface area contributed by atoms with Gasteiger partial charge in [0.1, 0.15) is 0 Å². The first-order valence-corrected chi connectivity index (χ1v) is 20.3. The summed E-state index contributed by atoms with van der Waals surface area (Å²) >= 11 is 0. The predicted octanol–water partition coefficient (Wildman–Crippen LogP) is 14.0. The molecule has 0 atom stereocenters. The number of nitrogens with zero attached hydrogens (tertiary/aromatic N) is 5. The van der Waals surface area contributed by atoms with E-state index in [4.69, 9.17) is 4.98 Å². The number of hydrogen-bond donors (Lipinski definition) is 0. The van der Waals surface area contributed by atoms with Crippen LogP contribution in [0.5, 0.6) is 0 Å². The van der Waals surface area contributed by atoms with E-state index >= 15 is 0 Å². The van der Waals surface area contributed by atoms with Crippen molar-refractivity contribution in [3.05, 3.63) is 218 Å². The Bertz CT molecular complexity index is 3340. The fourth-order valence-electron chi connectivity index (χ4n) is 8.65. The van der Waals surface area contributed by atoms with Gasteiger partial charge in [-0.05, 0) is 134 Å². The molecule has 11 aromatic rings. The van der Waals surface area contributed by atoms with Gasteiger partial charge in [0.05, 0.1) is 45.4 Å². The predicted molar refractivity (Wildman–Crippen MR) is 249 cm³/mol. The van der Waals surface area contributed by atoms with Crippen molar-refractivity contribution in [2.45, 2.75) is 0 Å². The summed E-state index contributed by atoms with van der Waals surface area (Å²) in [6.07, 6.45) is 3.58. The molecule has 0 saturated carbocycles. The maximum atomic E-state index is 10.2. The lowest BCUT2D eigenvalue weighted by Gasteiger charge is -2.15. The van der Waals surface area contributed by atoms with Gasteiger partial charge in [-0.15, -0.1) is 0 Å². The van der Waals surface area contributed by atoms with Crippen molar-refractivity contribution in [2.24, 2.45) is 0 Å². The standard InChI is InChI=1S/C56H35N5/c57-36-37-31-41(39-23-25-44(26-24-39)61-55-17-5-3-13-49(55)50-14-4-6-18-56(50)61)33-43(32-37)46-28-27-45(47-11-1-2-12-48(46)47)40-21-19-38(20-22-40)42-34-53(51-15-7-9-29-58-51)60-54(35-42)52-16-8-10-30-59-52/h1-35H. The second-order valence-corrected chi connectivity index (χ2v) is 15.2. The van der Waals surface area contributed by atoms with Gasteiger partial charge in [-0.1, -0.05) is 121 Å². The van der Waals surface area contributed by atoms with Crippen LogP contribution in [0.3, 0.4) is 0 Å². The van der Waals surface area contributed by atoms with E-state index in [2.05, 4.69) is 172 Å². The highest BCUT2D eigenvalue weighted by molar-refractivity contribution is 6.09. The Hall–Kier alpha value is -8.46. The van der Waals surface area contributed by atoms with Crippen LogP contribution in [0.4, 0.5) is 0 Å². The summed E-state index contributed by atoms with van der Waals surface area (Å²) in [5.74, 6) is 0. The number of para-hydroxylation sites is 2. The fourth-order valence-corrected chi connectivity index (χ4v) is 8.65. The van der Waals surface area contributed by atoms with Crippen LogP contribution in [0.25, 0.3) is 106 Å². The minimum Gasteiger partial charge on any atom is -0.309 e. The van der Waals surface area contributed by atoms with Gasteiger partial charge in [0, 0.05) is 28.9 Å². The average Bonchev–Trinajstić information content (AvgIpc) is 3.68. The third-order valence-electron chi connectivity index (χ3n) is 11.5. The molecule has 0 amide bonds. The number of benzene rings is 7. The molecule has 5 heteroatoms. The van der Waals surface area contributed by atoms with Crippen LogP contribution in [0, 0.1) is 11.3 Å². The van der Waals surface area contributed by atoms with E-state index < -0.39 is 0 Å². The Balaban J connectivity index is 0.946. The molecule has 0 fully saturated rings. The largest absolute Gasteiger partial charge is 0.309 e. The van der Waals surface area contributed by atoms with Gasteiger partial charge in [-0.3, -0.25) is 9.97 Å². The molecule has 0 saturated heterocycles. The molecular weight excluding hydrogens is 743 g/mol. The van der Waals surface area contributed by atoms with Crippen molar-refractivity contribution in [2.75, 3.05) is 0 Å². The number of aromatic nitrogens is 4. The maximum absolute atomic E-state index is 10.2. The molecule has 11 rings (SSSR count). The number of nitriles is 1. The number of rotatable bonds is 7. The molecule has 5 nitrogen and oxygen atoms in total. The van der Waals surface area contributed by atoms with E-state index in [0.717, 1.165) is 83.7 Å². The van der Waals surface area contributed by atoms with E-state index in [1.807, 2.05) is 48.5 Å². The van der Waals surface area contributed by atoms with E-state index in [1.165, 1.54) is 21.8 Å². The smallest absolute Gasteiger partial charge is 0.0992 e. The van der Waals surface area contributed by atoms with Crippen LogP contribution in [-0.2, 0) is 0 Å². The minimum atomic E-state index is 0.622. The van der Waals surface area contributed by atoms with Gasteiger partial charge < -0.3 is 4.57 Å². The lowest BCUT2D eigenvalue weighted by atomic mass is 9.89. The van der Waals surface area contributed by atoms with Crippen molar-refractivity contribution in [1.82, 2.24) is 19.5 Å². The molecule has 4 aromatic heterocycles. The molecule has 0 aliphatic carbocycles. The first-order chi connectivity index (χ1) is 30.2. The zero-order valence-electron chi connectivity index (χ0n) is 32.9. The quantitative estimate of drug-likeness (QED) is 0.162. The summed E-state index contributed by atoms with van der Waals surface area (Å²) in [6, 6.07) is 72.0. The third-order valence-corrected chi connectivity index (χ3v) is 11.5. The highest BCUT2D eigenvalue weighted by Gasteiger charge is 2.16. The van der Waals surface area contributed by atoms with Crippen LogP contribution >= 0.6 is 0 Å². The first-order valence-electron chi connectivity index (χ1n) is 20.3. The second-order valence-electron chi connectivity index (χ2n) is 15.2. The van der Waals surface area contributed by atoms with E-state index in [0.29, 0.717) is 5.56 Å². The summed E-state index contributed by atoms with van der Waals surface area (Å²) in [6.45, 7) is 0. The Kier molecular flexibility index (Phi) is 8.80. The molecule has 4 heterocycles. The van der Waals surface area contributed by atoms with E-state index in [1.54, 1.807) is 12.4 Å². The van der Waals surface area contributed by atoms with Gasteiger partial charge in [0.25, 0.3) is 0 Å². The normalized spacial score (nSPS) is 11.3. The lowest BCUT2D eigenvalue weighted by molar-refractivity contribution is 1.18. The molecule has 284 valence electrons. The van der Waals surface area contributed by atoms with Gasteiger partial charge in [0.15, 0.2) is 0 Å². The van der Waals surface area contributed by atoms with Crippen LogP contribution in [0.1, 0.15) is 5.56 Å². The van der Waals surface area contributed by atoms with E-state index in [-0.39, 0.29) is 0 Å². The molecule has 0 spiro atoms. The Morgan fingerprint density at radius 2 is 0.820 bits per heavy atom. The fraction of sp³-hybridized carbons (Fsp3) is 0. The number of hydrogen-bond acceptors (Lipinski definition) is 4. The summed E-state index contributed by atoms with van der Waals surface area (Å²) in [5, 5.41) is 15.0. The van der Waals surface area contributed by atoms with E-state index in [9.17, 15) is 5.26 Å². The van der Waals surface area contributed by atoms with Crippen molar-refractivity contribution in [1.29, 1.82) is 5.26 Å². The van der Waals surface area contributed by atoms with Crippen molar-refractivity contribution in [3.63, 3.8) is 0 Å². The average molecular weight is 778 g/mol. The highest BCUT2D eigenvalue weighted by atomic mass is 15.0. The molecule has 61 heavy (non-hydrogen) atoms. The molecule has 0 radical (unpaired) electrons. The summed E-state index contributed by atoms with van der Waals surface area (Å²) in [4.78, 5) is 14.1. The molecule has 7 aromatic carbocycles. The summed E-state index contributed by atoms with van der Waals surface area (Å²) < 4.78 is 2.32. The number of fused-ring (bicyclic) bond motifs is 4. The Morgan fingerprint density at radius 3 is 1.36 bits per heavy atom. The molecule has 0 aliphatic heterocycles. The van der Waals surface area contributed by atoms with Gasteiger partial charge in [-0.25, -0.2) is 4.98 Å². The van der Waals surface area contributed by atoms with Gasteiger partial charge in [-0.2, -0.15) is 5.26 Å². The maximum Gasteiger partial charge on any atom is 0.0992 e. The SMILES string of the molecule is N#Cc1cc(-c2ccc(-n3c4ccccc4c4ccccc43)cc2)cc(-c2ccc(-c3ccc(-c4cc(-c5ccccn5)nc(-c5ccccn5)c4)cc3)c3ccccc23)c1. The molecule has 0 bridgehead atoms. The highest BCUT2D eigenvalue weighted by Crippen LogP contribution is 2.39. The Morgan fingerprint density at radius 1 is 0.361 bits per heavy atom. The van der Waals surface area contributed by atoms with Crippen molar-refractivity contribution < 1.29 is 0 Å². The molecular formula is C56H35N5. The monoisotopic (exact) mass is 777 g/mol. The van der Waals surface area contributed by atoms with Gasteiger partial charge in [0.2, 0.25) is 0 Å². The summed E-state index contributed by atoms with van der Waals surface area (Å²) in [7, 11) is 0. The summed E-state index contributed by atoms with van der Waals surface area (Å²) in [5.41, 5.74) is 15.8. The zero-order chi connectivity index (χ0) is 40.7. The van der Waals surface area contributed by atoms with Gasteiger partial charge >= 0.3 is 0 Å². The lowest BCUT2D eigenvalue weighted by Crippen LogP contribution is -1.94. The molecule has 0 N–H and O–H groups in total. The molecule has 0 aliphatic rings. The topological polar surface area (TPSA) is 67.4 Å². The third kappa shape index (κ3) is 6.50. The van der Waals surface area contributed by atoms with Crippen LogP contribution in [0.15, 0.2) is 213 Å². The van der Waals surface area contributed by atoms with Crippen LogP contribution < -0.4 is 0 Å². The van der Waals surface area contributed by atoms with Crippen LogP contribution in [-0.4, -0.2) is 19.5 Å². The number of pyridine rings is 3. The van der Waals surface area contributed by atoms with Crippen molar-refractivity contribution in [3.8, 4) is 79.0 Å².